The first kappa shape index (κ1) is 18.9. The third-order valence-corrected chi connectivity index (χ3v) is 4.21. The predicted molar refractivity (Wildman–Crippen MR) is 68.7 cm³/mol. The van der Waals surface area contributed by atoms with Crippen LogP contribution >= 0.6 is 0 Å². The number of hydrogen-bond acceptors (Lipinski definition) is 11. The van der Waals surface area contributed by atoms with Gasteiger partial charge in [-0.1, -0.05) is 0 Å². The topological polar surface area (TPSA) is 201 Å². The van der Waals surface area contributed by atoms with Crippen LogP contribution in [0.15, 0.2) is 0 Å². The standard InChI is InChI=1S/C12H22O11/c13-1-2-3(14)4(15)10(21)12(22-2)23-11-8(19)6(17)5(16)7(18)9(11)20/h2-21H,1H2/t2-,3-,4+,5?,6-,7-,8-,9+,10-,11?,12-/m1/s1. The van der Waals surface area contributed by atoms with E-state index in [-0.39, 0.29) is 0 Å². The first-order valence-electron chi connectivity index (χ1n) is 7.07. The minimum Gasteiger partial charge on any atom is -0.394 e. The molecule has 0 radical (unpaired) electrons. The Balaban J connectivity index is 2.13. The van der Waals surface area contributed by atoms with Crippen molar-refractivity contribution in [2.75, 3.05) is 6.61 Å². The van der Waals surface area contributed by atoms with Crippen molar-refractivity contribution in [2.24, 2.45) is 0 Å². The van der Waals surface area contributed by atoms with Crippen molar-refractivity contribution in [3.05, 3.63) is 0 Å². The van der Waals surface area contributed by atoms with Gasteiger partial charge in [-0.3, -0.25) is 0 Å². The maximum atomic E-state index is 9.85. The molecule has 0 aromatic heterocycles. The highest BCUT2D eigenvalue weighted by Gasteiger charge is 2.52. The summed E-state index contributed by atoms with van der Waals surface area (Å²) in [5.41, 5.74) is 0. The summed E-state index contributed by atoms with van der Waals surface area (Å²) in [7, 11) is 0. The van der Waals surface area contributed by atoms with Crippen LogP contribution in [0, 0.1) is 0 Å². The lowest BCUT2D eigenvalue weighted by Crippen LogP contribution is -2.67. The number of aliphatic hydroxyl groups is 9. The Bertz CT molecular complexity index is 377. The number of hydrogen-bond donors (Lipinski definition) is 9. The molecule has 2 rings (SSSR count). The second-order valence-corrected chi connectivity index (χ2v) is 5.75. The van der Waals surface area contributed by atoms with E-state index in [1.165, 1.54) is 0 Å². The van der Waals surface area contributed by atoms with Gasteiger partial charge in [-0.2, -0.15) is 0 Å². The molecule has 1 heterocycles. The zero-order valence-corrected chi connectivity index (χ0v) is 11.9. The highest BCUT2D eigenvalue weighted by atomic mass is 16.7. The number of ether oxygens (including phenoxy) is 2. The first-order chi connectivity index (χ1) is 10.7. The monoisotopic (exact) mass is 342 g/mol. The lowest BCUT2D eigenvalue weighted by atomic mass is 9.84. The molecule has 1 aliphatic carbocycles. The fourth-order valence-corrected chi connectivity index (χ4v) is 2.69. The van der Waals surface area contributed by atoms with Gasteiger partial charge in [0.25, 0.3) is 0 Å². The molecule has 2 unspecified atom stereocenters. The maximum absolute atomic E-state index is 9.85. The van der Waals surface area contributed by atoms with E-state index in [0.29, 0.717) is 0 Å². The zero-order valence-electron chi connectivity index (χ0n) is 11.9. The molecule has 0 amide bonds. The Morgan fingerprint density at radius 1 is 0.609 bits per heavy atom. The minimum absolute atomic E-state index is 0.704. The summed E-state index contributed by atoms with van der Waals surface area (Å²) < 4.78 is 10.2. The molecule has 0 bridgehead atoms. The Hall–Kier alpha value is -0.440. The predicted octanol–water partition coefficient (Wildman–Crippen LogP) is -6.01. The summed E-state index contributed by atoms with van der Waals surface area (Å²) in [6, 6.07) is 0. The van der Waals surface area contributed by atoms with Crippen LogP contribution in [0.1, 0.15) is 0 Å². The van der Waals surface area contributed by atoms with Gasteiger partial charge < -0.3 is 55.4 Å². The van der Waals surface area contributed by atoms with E-state index in [0.717, 1.165) is 0 Å². The molecule has 11 atom stereocenters. The third kappa shape index (κ3) is 3.36. The van der Waals surface area contributed by atoms with Crippen LogP contribution in [0.25, 0.3) is 0 Å². The van der Waals surface area contributed by atoms with Crippen molar-refractivity contribution in [2.45, 2.75) is 67.3 Å². The molecule has 1 saturated heterocycles. The lowest BCUT2D eigenvalue weighted by molar-refractivity contribution is -0.339. The quantitative estimate of drug-likeness (QED) is 0.236. The summed E-state index contributed by atoms with van der Waals surface area (Å²) in [5, 5.41) is 86.6. The second kappa shape index (κ2) is 7.21. The van der Waals surface area contributed by atoms with Crippen molar-refractivity contribution in [3.8, 4) is 0 Å². The smallest absolute Gasteiger partial charge is 0.187 e. The Morgan fingerprint density at radius 3 is 1.52 bits per heavy atom. The van der Waals surface area contributed by atoms with Gasteiger partial charge >= 0.3 is 0 Å². The highest BCUT2D eigenvalue weighted by Crippen LogP contribution is 2.29. The molecule has 0 spiro atoms. The SMILES string of the molecule is OC[C@H]1O[C@H](OC2[C@@H](O)[C@H](O)C(O)[C@@H](O)[C@H]2O)[C@H](O)[C@@H](O)[C@@H]1O. The summed E-state index contributed by atoms with van der Waals surface area (Å²) in [6.07, 6.45) is -18.9. The molecule has 9 N–H and O–H groups in total. The summed E-state index contributed by atoms with van der Waals surface area (Å²) in [6.45, 7) is -0.704. The molecule has 2 fully saturated rings. The highest BCUT2D eigenvalue weighted by molar-refractivity contribution is 5.00. The van der Waals surface area contributed by atoms with E-state index in [4.69, 9.17) is 14.6 Å². The van der Waals surface area contributed by atoms with Crippen LogP contribution in [0.5, 0.6) is 0 Å². The van der Waals surface area contributed by atoms with Crippen LogP contribution in [0.2, 0.25) is 0 Å². The van der Waals surface area contributed by atoms with Gasteiger partial charge in [0.15, 0.2) is 6.29 Å². The minimum atomic E-state index is -1.83. The van der Waals surface area contributed by atoms with Crippen molar-refractivity contribution in [1.29, 1.82) is 0 Å². The van der Waals surface area contributed by atoms with Gasteiger partial charge in [0.2, 0.25) is 0 Å². The van der Waals surface area contributed by atoms with Crippen LogP contribution in [0.3, 0.4) is 0 Å². The van der Waals surface area contributed by atoms with Gasteiger partial charge in [-0.15, -0.1) is 0 Å². The van der Waals surface area contributed by atoms with E-state index in [2.05, 4.69) is 0 Å². The van der Waals surface area contributed by atoms with Gasteiger partial charge in [-0.25, -0.2) is 0 Å². The molecule has 2 aliphatic rings. The molecule has 11 heteroatoms. The molecular formula is C12H22O11. The summed E-state index contributed by atoms with van der Waals surface area (Å²) in [5.74, 6) is 0. The lowest BCUT2D eigenvalue weighted by Gasteiger charge is -2.45. The molecular weight excluding hydrogens is 320 g/mol. The maximum Gasteiger partial charge on any atom is 0.187 e. The van der Waals surface area contributed by atoms with Gasteiger partial charge in [-0.05, 0) is 0 Å². The van der Waals surface area contributed by atoms with Crippen molar-refractivity contribution in [1.82, 2.24) is 0 Å². The Labute approximate surface area is 130 Å². The van der Waals surface area contributed by atoms with E-state index >= 15 is 0 Å². The van der Waals surface area contributed by atoms with Gasteiger partial charge in [0.1, 0.15) is 61.0 Å². The molecule has 136 valence electrons. The summed E-state index contributed by atoms with van der Waals surface area (Å²) in [4.78, 5) is 0. The van der Waals surface area contributed by atoms with Crippen molar-refractivity contribution in [3.63, 3.8) is 0 Å². The molecule has 1 saturated carbocycles. The third-order valence-electron chi connectivity index (χ3n) is 4.21. The van der Waals surface area contributed by atoms with Crippen LogP contribution in [0.4, 0.5) is 0 Å². The van der Waals surface area contributed by atoms with E-state index in [1.807, 2.05) is 0 Å². The zero-order chi connectivity index (χ0) is 17.5. The molecule has 1 aliphatic heterocycles. The number of rotatable bonds is 3. The largest absolute Gasteiger partial charge is 0.394 e. The fraction of sp³-hybridized carbons (Fsp3) is 1.00. The molecule has 11 nitrogen and oxygen atoms in total. The van der Waals surface area contributed by atoms with Crippen LogP contribution < -0.4 is 0 Å². The normalized spacial score (nSPS) is 54.9. The first-order valence-corrected chi connectivity index (χ1v) is 7.07. The average molecular weight is 342 g/mol. The average Bonchev–Trinajstić information content (AvgIpc) is 2.54. The van der Waals surface area contributed by atoms with E-state index in [9.17, 15) is 40.9 Å². The van der Waals surface area contributed by atoms with Gasteiger partial charge in [0.05, 0.1) is 6.61 Å². The Morgan fingerprint density at radius 2 is 1.04 bits per heavy atom. The fourth-order valence-electron chi connectivity index (χ4n) is 2.69. The molecule has 23 heavy (non-hydrogen) atoms. The second-order valence-electron chi connectivity index (χ2n) is 5.75. The van der Waals surface area contributed by atoms with Crippen molar-refractivity contribution < 1.29 is 55.4 Å². The summed E-state index contributed by atoms with van der Waals surface area (Å²) >= 11 is 0. The number of aliphatic hydroxyl groups excluding tert-OH is 9. The van der Waals surface area contributed by atoms with Crippen LogP contribution in [-0.2, 0) is 9.47 Å². The van der Waals surface area contributed by atoms with Crippen LogP contribution in [-0.4, -0.2) is 120 Å². The molecule has 0 aromatic carbocycles. The van der Waals surface area contributed by atoms with E-state index < -0.39 is 73.9 Å². The van der Waals surface area contributed by atoms with Gasteiger partial charge in [0, 0.05) is 0 Å². The Kier molecular flexibility index (Phi) is 5.92. The molecule has 0 aromatic rings. The van der Waals surface area contributed by atoms with E-state index in [1.54, 1.807) is 0 Å². The van der Waals surface area contributed by atoms with Crippen molar-refractivity contribution >= 4 is 0 Å².